The van der Waals surface area contributed by atoms with Crippen molar-refractivity contribution < 1.29 is 19.1 Å². The van der Waals surface area contributed by atoms with E-state index in [0.29, 0.717) is 0 Å². The molecule has 0 radical (unpaired) electrons. The van der Waals surface area contributed by atoms with Gasteiger partial charge in [0.1, 0.15) is 0 Å². The van der Waals surface area contributed by atoms with Gasteiger partial charge in [0.05, 0.1) is 20.8 Å². The number of ether oxygens (including phenoxy) is 2. The molecule has 0 saturated heterocycles. The summed E-state index contributed by atoms with van der Waals surface area (Å²) in [5.74, 6) is -2.30. The molecular weight excluding hydrogens is 246 g/mol. The zero-order valence-electron chi connectivity index (χ0n) is 11.3. The van der Waals surface area contributed by atoms with Gasteiger partial charge in [-0.3, -0.25) is 14.6 Å². The van der Waals surface area contributed by atoms with Gasteiger partial charge in [-0.05, 0) is 12.5 Å². The van der Waals surface area contributed by atoms with Crippen LogP contribution in [0, 0.1) is 5.92 Å². The van der Waals surface area contributed by atoms with Gasteiger partial charge >= 0.3 is 11.9 Å². The smallest absolute Gasteiger partial charge is 0.321 e. The third kappa shape index (κ3) is 4.21. The Morgan fingerprint density at radius 2 is 1.63 bits per heavy atom. The Bertz CT molecular complexity index is 452. The summed E-state index contributed by atoms with van der Waals surface area (Å²) in [7, 11) is 2.46. The number of hydrogen-bond acceptors (Lipinski definition) is 5. The maximum absolute atomic E-state index is 11.5. The second-order valence-electron chi connectivity index (χ2n) is 3.89. The van der Waals surface area contributed by atoms with E-state index in [1.54, 1.807) is 0 Å². The van der Waals surface area contributed by atoms with Crippen LogP contribution in [0.5, 0.6) is 0 Å². The van der Waals surface area contributed by atoms with Crippen molar-refractivity contribution >= 4 is 17.7 Å². The second kappa shape index (κ2) is 7.31. The molecule has 0 bridgehead atoms. The molecule has 5 heteroatoms. The summed E-state index contributed by atoms with van der Waals surface area (Å²) in [6.45, 7) is 1.83. The highest BCUT2D eigenvalue weighted by Crippen LogP contribution is 2.06. The SMILES string of the molecule is COC(=O)C(C/N=C(/C)c1ccccc1)C(=O)OC. The fourth-order valence-electron chi connectivity index (χ4n) is 1.53. The Kier molecular flexibility index (Phi) is 5.73. The normalized spacial score (nSPS) is 11.3. The molecule has 0 aliphatic rings. The second-order valence-corrected chi connectivity index (χ2v) is 3.89. The van der Waals surface area contributed by atoms with Crippen molar-refractivity contribution in [2.75, 3.05) is 20.8 Å². The molecule has 0 aliphatic carbocycles. The monoisotopic (exact) mass is 263 g/mol. The Labute approximate surface area is 112 Å². The fraction of sp³-hybridized carbons (Fsp3) is 0.357. The number of benzene rings is 1. The summed E-state index contributed by atoms with van der Waals surface area (Å²) in [6, 6.07) is 9.51. The fourth-order valence-corrected chi connectivity index (χ4v) is 1.53. The molecule has 0 aliphatic heterocycles. The number of methoxy groups -OCH3 is 2. The number of nitrogens with zero attached hydrogens (tertiary/aromatic N) is 1. The molecular formula is C14H17NO4. The molecule has 0 saturated carbocycles. The molecule has 1 rings (SSSR count). The van der Waals surface area contributed by atoms with Gasteiger partial charge in [0.25, 0.3) is 0 Å². The number of hydrogen-bond donors (Lipinski definition) is 0. The predicted molar refractivity (Wildman–Crippen MR) is 71.0 cm³/mol. The van der Waals surface area contributed by atoms with E-state index in [2.05, 4.69) is 14.5 Å². The van der Waals surface area contributed by atoms with Crippen LogP contribution in [0.1, 0.15) is 12.5 Å². The molecule has 0 heterocycles. The van der Waals surface area contributed by atoms with Crippen molar-refractivity contribution in [3.63, 3.8) is 0 Å². The highest BCUT2D eigenvalue weighted by Gasteiger charge is 2.28. The molecule has 0 fully saturated rings. The predicted octanol–water partition coefficient (Wildman–Crippen LogP) is 1.46. The number of carbonyl (C=O) groups excluding carboxylic acids is 2. The van der Waals surface area contributed by atoms with Gasteiger partial charge in [0.15, 0.2) is 5.92 Å². The first-order valence-electron chi connectivity index (χ1n) is 5.82. The van der Waals surface area contributed by atoms with E-state index in [4.69, 9.17) is 0 Å². The molecule has 0 unspecified atom stereocenters. The van der Waals surface area contributed by atoms with Crippen molar-refractivity contribution in [3.05, 3.63) is 35.9 Å². The van der Waals surface area contributed by atoms with E-state index in [1.807, 2.05) is 37.3 Å². The summed E-state index contributed by atoms with van der Waals surface area (Å²) in [4.78, 5) is 27.2. The van der Waals surface area contributed by atoms with Crippen molar-refractivity contribution in [1.82, 2.24) is 0 Å². The molecule has 1 aromatic carbocycles. The van der Waals surface area contributed by atoms with Crippen molar-refractivity contribution in [3.8, 4) is 0 Å². The topological polar surface area (TPSA) is 65.0 Å². The third-order valence-electron chi connectivity index (χ3n) is 2.67. The van der Waals surface area contributed by atoms with E-state index in [-0.39, 0.29) is 6.54 Å². The Balaban J connectivity index is 2.81. The lowest BCUT2D eigenvalue weighted by atomic mass is 10.1. The number of carbonyl (C=O) groups is 2. The summed E-state index contributed by atoms with van der Waals surface area (Å²) in [5.41, 5.74) is 1.69. The van der Waals surface area contributed by atoms with Gasteiger partial charge in [-0.2, -0.15) is 0 Å². The average molecular weight is 263 g/mol. The molecule has 19 heavy (non-hydrogen) atoms. The van der Waals surface area contributed by atoms with Gasteiger partial charge in [-0.1, -0.05) is 30.3 Å². The van der Waals surface area contributed by atoms with Crippen LogP contribution >= 0.6 is 0 Å². The van der Waals surface area contributed by atoms with Crippen LogP contribution in [0.15, 0.2) is 35.3 Å². The lowest BCUT2D eigenvalue weighted by molar-refractivity contribution is -0.158. The first-order chi connectivity index (χ1) is 9.10. The Hall–Kier alpha value is -2.17. The lowest BCUT2D eigenvalue weighted by Crippen LogP contribution is -2.29. The maximum atomic E-state index is 11.5. The summed E-state index contributed by atoms with van der Waals surface area (Å²) < 4.78 is 9.13. The van der Waals surface area contributed by atoms with Gasteiger partial charge in [0.2, 0.25) is 0 Å². The minimum atomic E-state index is -1.02. The molecule has 0 aromatic heterocycles. The molecule has 5 nitrogen and oxygen atoms in total. The highest BCUT2D eigenvalue weighted by molar-refractivity contribution is 5.99. The highest BCUT2D eigenvalue weighted by atomic mass is 16.5. The molecule has 0 N–H and O–H groups in total. The zero-order chi connectivity index (χ0) is 14.3. The van der Waals surface area contributed by atoms with Crippen LogP contribution in [0.25, 0.3) is 0 Å². The largest absolute Gasteiger partial charge is 0.468 e. The number of rotatable bonds is 5. The minimum Gasteiger partial charge on any atom is -0.468 e. The standard InChI is InChI=1S/C14H17NO4/c1-10(11-7-5-4-6-8-11)15-9-12(13(16)18-2)14(17)19-3/h4-8,12H,9H2,1-3H3/b15-10-. The summed E-state index contributed by atoms with van der Waals surface area (Å²) in [6.07, 6.45) is 0. The molecule has 0 amide bonds. The van der Waals surface area contributed by atoms with E-state index >= 15 is 0 Å². The van der Waals surface area contributed by atoms with Crippen LogP contribution in [-0.2, 0) is 19.1 Å². The van der Waals surface area contributed by atoms with Crippen molar-refractivity contribution in [2.45, 2.75) is 6.92 Å². The van der Waals surface area contributed by atoms with E-state index in [0.717, 1.165) is 11.3 Å². The van der Waals surface area contributed by atoms with Gasteiger partial charge in [-0.25, -0.2) is 0 Å². The molecule has 1 aromatic rings. The van der Waals surface area contributed by atoms with Crippen molar-refractivity contribution in [2.24, 2.45) is 10.9 Å². The summed E-state index contributed by atoms with van der Waals surface area (Å²) in [5, 5.41) is 0. The van der Waals surface area contributed by atoms with Crippen LogP contribution in [0.2, 0.25) is 0 Å². The average Bonchev–Trinajstić information content (AvgIpc) is 2.47. The maximum Gasteiger partial charge on any atom is 0.321 e. The zero-order valence-corrected chi connectivity index (χ0v) is 11.3. The molecule has 102 valence electrons. The van der Waals surface area contributed by atoms with Crippen LogP contribution in [0.3, 0.4) is 0 Å². The van der Waals surface area contributed by atoms with Gasteiger partial charge in [-0.15, -0.1) is 0 Å². The van der Waals surface area contributed by atoms with E-state index in [9.17, 15) is 9.59 Å². The van der Waals surface area contributed by atoms with Crippen LogP contribution in [-0.4, -0.2) is 38.4 Å². The van der Waals surface area contributed by atoms with Crippen LogP contribution in [0.4, 0.5) is 0 Å². The van der Waals surface area contributed by atoms with E-state index < -0.39 is 17.9 Å². The molecule has 0 atom stereocenters. The van der Waals surface area contributed by atoms with E-state index in [1.165, 1.54) is 14.2 Å². The van der Waals surface area contributed by atoms with Gasteiger partial charge in [0, 0.05) is 5.71 Å². The first kappa shape index (κ1) is 14.9. The van der Waals surface area contributed by atoms with Gasteiger partial charge < -0.3 is 9.47 Å². The Morgan fingerprint density at radius 3 is 2.11 bits per heavy atom. The first-order valence-corrected chi connectivity index (χ1v) is 5.82. The molecule has 0 spiro atoms. The Morgan fingerprint density at radius 1 is 1.11 bits per heavy atom. The minimum absolute atomic E-state index is 0.0140. The van der Waals surface area contributed by atoms with Crippen molar-refractivity contribution in [1.29, 1.82) is 0 Å². The quantitative estimate of drug-likeness (QED) is 0.458. The summed E-state index contributed by atoms with van der Waals surface area (Å²) >= 11 is 0. The number of esters is 2. The number of aliphatic imine (C=N–C) groups is 1. The van der Waals surface area contributed by atoms with Crippen LogP contribution < -0.4 is 0 Å². The lowest BCUT2D eigenvalue weighted by Gasteiger charge is -2.10. The third-order valence-corrected chi connectivity index (χ3v) is 2.67.